The summed E-state index contributed by atoms with van der Waals surface area (Å²) < 4.78 is 11.3. The van der Waals surface area contributed by atoms with Crippen LogP contribution in [0.15, 0.2) is 0 Å². The molecule has 0 aliphatic rings. The highest BCUT2D eigenvalue weighted by Gasteiger charge is 2.15. The highest BCUT2D eigenvalue weighted by atomic mass is 28.4. The summed E-state index contributed by atoms with van der Waals surface area (Å²) in [6.07, 6.45) is 2.08. The molecule has 0 rings (SSSR count). The predicted octanol–water partition coefficient (Wildman–Crippen LogP) is 2.89. The van der Waals surface area contributed by atoms with E-state index in [2.05, 4.69) is 45.7 Å². The molecule has 0 saturated heterocycles. The molecule has 0 fully saturated rings. The van der Waals surface area contributed by atoms with Gasteiger partial charge in [-0.3, -0.25) is 0 Å². The van der Waals surface area contributed by atoms with E-state index >= 15 is 0 Å². The van der Waals surface area contributed by atoms with Crippen LogP contribution in [0.2, 0.25) is 39.3 Å². The molecule has 0 aromatic carbocycles. The van der Waals surface area contributed by atoms with Gasteiger partial charge >= 0.3 is 0 Å². The Morgan fingerprint density at radius 1 is 0.769 bits per heavy atom. The lowest BCUT2D eigenvalue weighted by Crippen LogP contribution is -2.29. The van der Waals surface area contributed by atoms with Crippen LogP contribution in [0, 0.1) is 6.42 Å². The summed E-state index contributed by atoms with van der Waals surface area (Å²) >= 11 is 0. The van der Waals surface area contributed by atoms with E-state index < -0.39 is 16.6 Å². The van der Waals surface area contributed by atoms with Crippen LogP contribution in [0.25, 0.3) is 0 Å². The largest absolute Gasteiger partial charge is 0.417 e. The average molecular weight is 219 g/mol. The van der Waals surface area contributed by atoms with Gasteiger partial charge in [0.05, 0.1) is 0 Å². The van der Waals surface area contributed by atoms with Crippen molar-refractivity contribution < 1.29 is 8.85 Å². The van der Waals surface area contributed by atoms with Gasteiger partial charge in [0.15, 0.2) is 16.6 Å². The second-order valence-corrected chi connectivity index (χ2v) is 14.2. The van der Waals surface area contributed by atoms with Crippen molar-refractivity contribution in [1.29, 1.82) is 0 Å². The Morgan fingerprint density at radius 3 is 1.31 bits per heavy atom. The molecule has 0 aliphatic carbocycles. The van der Waals surface area contributed by atoms with Crippen molar-refractivity contribution in [3.8, 4) is 0 Å². The smallest absolute Gasteiger partial charge is 0.183 e. The van der Waals surface area contributed by atoms with E-state index in [-0.39, 0.29) is 0 Å². The van der Waals surface area contributed by atoms with E-state index in [4.69, 9.17) is 8.85 Å². The summed E-state index contributed by atoms with van der Waals surface area (Å²) in [5, 5.41) is 0. The van der Waals surface area contributed by atoms with Crippen molar-refractivity contribution >= 4 is 16.6 Å². The van der Waals surface area contributed by atoms with Crippen molar-refractivity contribution in [2.45, 2.75) is 39.3 Å². The minimum atomic E-state index is -1.33. The van der Waals surface area contributed by atoms with Gasteiger partial charge in [-0.05, 0) is 39.3 Å². The summed E-state index contributed by atoms with van der Waals surface area (Å²) in [5.74, 6) is 0. The van der Waals surface area contributed by atoms with Crippen molar-refractivity contribution in [2.75, 3.05) is 13.2 Å². The first-order chi connectivity index (χ1) is 5.71. The van der Waals surface area contributed by atoms with E-state index in [1.54, 1.807) is 0 Å². The van der Waals surface area contributed by atoms with Crippen molar-refractivity contribution in [2.24, 2.45) is 0 Å². The maximum atomic E-state index is 5.66. The second kappa shape index (κ2) is 5.29. The van der Waals surface area contributed by atoms with Gasteiger partial charge in [0.25, 0.3) is 0 Å². The molecule has 79 valence electrons. The summed E-state index contributed by atoms with van der Waals surface area (Å²) in [6.45, 7) is 14.6. The Bertz CT molecular complexity index is 120. The predicted molar refractivity (Wildman–Crippen MR) is 62.9 cm³/mol. The van der Waals surface area contributed by atoms with E-state index in [9.17, 15) is 0 Å². The van der Waals surface area contributed by atoms with E-state index in [0.717, 1.165) is 13.2 Å². The molecule has 0 unspecified atom stereocenters. The quantitative estimate of drug-likeness (QED) is 0.505. The van der Waals surface area contributed by atoms with E-state index in [1.165, 1.54) is 0 Å². The van der Waals surface area contributed by atoms with Gasteiger partial charge in [-0.25, -0.2) is 0 Å². The summed E-state index contributed by atoms with van der Waals surface area (Å²) in [7, 11) is -2.66. The van der Waals surface area contributed by atoms with Gasteiger partial charge in [0.1, 0.15) is 0 Å². The highest BCUT2D eigenvalue weighted by molar-refractivity contribution is 6.70. The summed E-state index contributed by atoms with van der Waals surface area (Å²) in [5.41, 5.74) is 0. The Morgan fingerprint density at radius 2 is 1.08 bits per heavy atom. The lowest BCUT2D eigenvalue weighted by molar-refractivity contribution is 0.290. The summed E-state index contributed by atoms with van der Waals surface area (Å²) in [6, 6.07) is 0. The minimum absolute atomic E-state index is 0.736. The molecular formula is C9H23O2Si2. The molecule has 0 aromatic rings. The Hall–Kier alpha value is 0.354. The first-order valence-electron chi connectivity index (χ1n) is 4.80. The zero-order chi connectivity index (χ0) is 10.5. The fraction of sp³-hybridized carbons (Fsp3) is 0.889. The van der Waals surface area contributed by atoms with Gasteiger partial charge in [-0.2, -0.15) is 0 Å². The minimum Gasteiger partial charge on any atom is -0.417 e. The van der Waals surface area contributed by atoms with Crippen molar-refractivity contribution in [3.05, 3.63) is 6.42 Å². The Kier molecular flexibility index (Phi) is 5.43. The van der Waals surface area contributed by atoms with Crippen LogP contribution in [0.1, 0.15) is 0 Å². The molecule has 0 atom stereocenters. The van der Waals surface area contributed by atoms with Crippen LogP contribution in [0.5, 0.6) is 0 Å². The maximum absolute atomic E-state index is 5.66. The van der Waals surface area contributed by atoms with Gasteiger partial charge in [-0.1, -0.05) is 0 Å². The fourth-order valence-corrected chi connectivity index (χ4v) is 1.90. The van der Waals surface area contributed by atoms with Crippen LogP contribution in [0.3, 0.4) is 0 Å². The lowest BCUT2D eigenvalue weighted by atomic mass is 10.5. The molecule has 0 aromatic heterocycles. The zero-order valence-corrected chi connectivity index (χ0v) is 11.8. The van der Waals surface area contributed by atoms with Crippen LogP contribution >= 0.6 is 0 Å². The van der Waals surface area contributed by atoms with E-state index in [0.29, 0.717) is 0 Å². The molecule has 0 aliphatic heterocycles. The van der Waals surface area contributed by atoms with Gasteiger partial charge in [0, 0.05) is 19.6 Å². The van der Waals surface area contributed by atoms with Gasteiger partial charge < -0.3 is 8.85 Å². The molecule has 0 heterocycles. The SMILES string of the molecule is C[Si](C)(C)OC[CH]CO[Si](C)(C)C. The topological polar surface area (TPSA) is 18.5 Å². The first kappa shape index (κ1) is 13.4. The van der Waals surface area contributed by atoms with Crippen LogP contribution < -0.4 is 0 Å². The van der Waals surface area contributed by atoms with Gasteiger partial charge in [0.2, 0.25) is 0 Å². The molecule has 2 nitrogen and oxygen atoms in total. The van der Waals surface area contributed by atoms with E-state index in [1.807, 2.05) is 0 Å². The first-order valence-corrected chi connectivity index (χ1v) is 11.6. The van der Waals surface area contributed by atoms with Gasteiger partial charge in [-0.15, -0.1) is 0 Å². The summed E-state index contributed by atoms with van der Waals surface area (Å²) in [4.78, 5) is 0. The Labute approximate surface area is 84.9 Å². The third kappa shape index (κ3) is 12.4. The molecular weight excluding hydrogens is 196 g/mol. The average Bonchev–Trinajstić information content (AvgIpc) is 1.81. The monoisotopic (exact) mass is 219 g/mol. The maximum Gasteiger partial charge on any atom is 0.183 e. The van der Waals surface area contributed by atoms with Crippen LogP contribution in [-0.2, 0) is 8.85 Å². The molecule has 4 heteroatoms. The molecule has 0 amide bonds. The zero-order valence-electron chi connectivity index (χ0n) is 9.81. The second-order valence-electron chi connectivity index (χ2n) is 5.14. The number of hydrogen-bond donors (Lipinski definition) is 0. The fourth-order valence-electron chi connectivity index (χ4n) is 0.666. The van der Waals surface area contributed by atoms with Crippen LogP contribution in [-0.4, -0.2) is 29.8 Å². The van der Waals surface area contributed by atoms with Crippen LogP contribution in [0.4, 0.5) is 0 Å². The number of hydrogen-bond acceptors (Lipinski definition) is 2. The third-order valence-electron chi connectivity index (χ3n) is 1.27. The third-order valence-corrected chi connectivity index (χ3v) is 3.33. The molecule has 13 heavy (non-hydrogen) atoms. The standard InChI is InChI=1S/C9H23O2Si2/c1-12(2,3)10-8-7-9-11-13(4,5)6/h7H,8-9H2,1-6H3. The van der Waals surface area contributed by atoms with Crippen molar-refractivity contribution in [1.82, 2.24) is 0 Å². The molecule has 0 spiro atoms. The van der Waals surface area contributed by atoms with Crippen molar-refractivity contribution in [3.63, 3.8) is 0 Å². The molecule has 0 bridgehead atoms. The lowest BCUT2D eigenvalue weighted by Gasteiger charge is -2.19. The highest BCUT2D eigenvalue weighted by Crippen LogP contribution is 2.05. The molecule has 0 N–H and O–H groups in total. The number of rotatable bonds is 6. The molecule has 1 radical (unpaired) electrons. The normalized spacial score (nSPS) is 13.4. The Balaban J connectivity index is 3.28. The molecule has 0 saturated carbocycles.